The maximum Gasteiger partial charge on any atom is 0.140 e. The molecule has 0 unspecified atom stereocenters. The van der Waals surface area contributed by atoms with Gasteiger partial charge in [-0.15, -0.1) is 0 Å². The fourth-order valence-electron chi connectivity index (χ4n) is 2.02. The Morgan fingerprint density at radius 2 is 2.10 bits per heavy atom. The first-order valence-corrected chi connectivity index (χ1v) is 6.80. The third kappa shape index (κ3) is 5.59. The molecule has 0 amide bonds. The number of nitrogens with two attached hydrogens (primary N) is 1. The van der Waals surface area contributed by atoms with Gasteiger partial charge in [-0.3, -0.25) is 4.90 Å². The van der Waals surface area contributed by atoms with Gasteiger partial charge >= 0.3 is 0 Å². The SMILES string of the molecule is COCCN(CCC(N)=NO)Cc1cc(C)ccc1C. The Balaban J connectivity index is 2.69. The first-order chi connectivity index (χ1) is 9.56. The monoisotopic (exact) mass is 279 g/mol. The fraction of sp³-hybridized carbons (Fsp3) is 0.533. The molecular weight excluding hydrogens is 254 g/mol. The molecule has 1 aromatic carbocycles. The van der Waals surface area contributed by atoms with Gasteiger partial charge < -0.3 is 15.7 Å². The van der Waals surface area contributed by atoms with Gasteiger partial charge in [0, 0.05) is 33.2 Å². The number of aryl methyl sites for hydroxylation is 2. The van der Waals surface area contributed by atoms with E-state index in [4.69, 9.17) is 15.7 Å². The zero-order chi connectivity index (χ0) is 15.0. The van der Waals surface area contributed by atoms with Crippen LogP contribution in [0.3, 0.4) is 0 Å². The van der Waals surface area contributed by atoms with Crippen LogP contribution in [0.15, 0.2) is 23.4 Å². The quantitative estimate of drug-likeness (QED) is 0.330. The molecule has 0 saturated heterocycles. The minimum absolute atomic E-state index is 0.258. The van der Waals surface area contributed by atoms with E-state index in [0.29, 0.717) is 13.0 Å². The predicted molar refractivity (Wildman–Crippen MR) is 81.1 cm³/mol. The van der Waals surface area contributed by atoms with Crippen LogP contribution in [0.5, 0.6) is 0 Å². The van der Waals surface area contributed by atoms with Crippen molar-refractivity contribution in [3.05, 3.63) is 34.9 Å². The molecule has 0 saturated carbocycles. The average Bonchev–Trinajstić information content (AvgIpc) is 2.45. The molecule has 0 atom stereocenters. The van der Waals surface area contributed by atoms with Crippen molar-refractivity contribution in [1.82, 2.24) is 4.90 Å². The lowest BCUT2D eigenvalue weighted by Gasteiger charge is -2.23. The average molecular weight is 279 g/mol. The Hall–Kier alpha value is -1.59. The van der Waals surface area contributed by atoms with Gasteiger partial charge in [0.2, 0.25) is 0 Å². The smallest absolute Gasteiger partial charge is 0.140 e. The third-order valence-electron chi connectivity index (χ3n) is 3.32. The number of methoxy groups -OCH3 is 1. The van der Waals surface area contributed by atoms with E-state index in [1.54, 1.807) is 7.11 Å². The van der Waals surface area contributed by atoms with Crippen LogP contribution < -0.4 is 5.73 Å². The van der Waals surface area contributed by atoms with Gasteiger partial charge in [-0.2, -0.15) is 0 Å². The molecule has 0 aliphatic carbocycles. The van der Waals surface area contributed by atoms with Gasteiger partial charge in [-0.1, -0.05) is 28.9 Å². The summed E-state index contributed by atoms with van der Waals surface area (Å²) in [5, 5.41) is 11.6. The second kappa shape index (κ2) is 8.55. The number of benzene rings is 1. The minimum atomic E-state index is 0.258. The van der Waals surface area contributed by atoms with Crippen molar-refractivity contribution in [2.24, 2.45) is 10.9 Å². The van der Waals surface area contributed by atoms with E-state index >= 15 is 0 Å². The van der Waals surface area contributed by atoms with E-state index in [0.717, 1.165) is 19.6 Å². The van der Waals surface area contributed by atoms with Crippen LogP contribution in [0.2, 0.25) is 0 Å². The minimum Gasteiger partial charge on any atom is -0.409 e. The highest BCUT2D eigenvalue weighted by molar-refractivity contribution is 5.79. The summed E-state index contributed by atoms with van der Waals surface area (Å²) in [4.78, 5) is 2.25. The summed E-state index contributed by atoms with van der Waals surface area (Å²) in [7, 11) is 1.69. The van der Waals surface area contributed by atoms with Crippen LogP contribution in [-0.4, -0.2) is 42.7 Å². The number of rotatable bonds is 8. The molecule has 5 heteroatoms. The second-order valence-electron chi connectivity index (χ2n) is 5.04. The maximum absolute atomic E-state index is 8.61. The Morgan fingerprint density at radius 3 is 2.75 bits per heavy atom. The summed E-state index contributed by atoms with van der Waals surface area (Å²) < 4.78 is 5.14. The van der Waals surface area contributed by atoms with Crippen LogP contribution in [0, 0.1) is 13.8 Å². The highest BCUT2D eigenvalue weighted by atomic mass is 16.5. The van der Waals surface area contributed by atoms with Gasteiger partial charge in [0.15, 0.2) is 0 Å². The molecule has 0 radical (unpaired) electrons. The van der Waals surface area contributed by atoms with E-state index in [9.17, 15) is 0 Å². The largest absolute Gasteiger partial charge is 0.409 e. The van der Waals surface area contributed by atoms with Gasteiger partial charge in [-0.25, -0.2) is 0 Å². The summed E-state index contributed by atoms with van der Waals surface area (Å²) in [6, 6.07) is 6.47. The Morgan fingerprint density at radius 1 is 1.35 bits per heavy atom. The molecule has 0 heterocycles. The second-order valence-corrected chi connectivity index (χ2v) is 5.04. The predicted octanol–water partition coefficient (Wildman–Crippen LogP) is 1.89. The van der Waals surface area contributed by atoms with Gasteiger partial charge in [0.05, 0.1) is 6.61 Å². The van der Waals surface area contributed by atoms with Crippen molar-refractivity contribution in [1.29, 1.82) is 0 Å². The lowest BCUT2D eigenvalue weighted by molar-refractivity contribution is 0.145. The van der Waals surface area contributed by atoms with Gasteiger partial charge in [-0.05, 0) is 25.0 Å². The molecule has 1 rings (SSSR count). The van der Waals surface area contributed by atoms with Crippen LogP contribution >= 0.6 is 0 Å². The Bertz CT molecular complexity index is 447. The lowest BCUT2D eigenvalue weighted by atomic mass is 10.1. The number of oxime groups is 1. The van der Waals surface area contributed by atoms with E-state index in [1.165, 1.54) is 16.7 Å². The molecule has 1 aromatic rings. The molecule has 112 valence electrons. The van der Waals surface area contributed by atoms with Crippen LogP contribution in [-0.2, 0) is 11.3 Å². The van der Waals surface area contributed by atoms with Crippen molar-refractivity contribution in [3.8, 4) is 0 Å². The summed E-state index contributed by atoms with van der Waals surface area (Å²) >= 11 is 0. The summed E-state index contributed by atoms with van der Waals surface area (Å²) in [6.07, 6.45) is 0.547. The van der Waals surface area contributed by atoms with E-state index in [2.05, 4.69) is 42.1 Å². The van der Waals surface area contributed by atoms with Gasteiger partial charge in [0.25, 0.3) is 0 Å². The third-order valence-corrected chi connectivity index (χ3v) is 3.32. The summed E-state index contributed by atoms with van der Waals surface area (Å²) in [6.45, 7) is 7.29. The number of amidine groups is 1. The normalized spacial score (nSPS) is 12.1. The van der Waals surface area contributed by atoms with Crippen molar-refractivity contribution in [2.45, 2.75) is 26.8 Å². The lowest BCUT2D eigenvalue weighted by Crippen LogP contribution is -2.31. The molecule has 0 aliphatic rings. The van der Waals surface area contributed by atoms with E-state index in [-0.39, 0.29) is 5.84 Å². The summed E-state index contributed by atoms with van der Waals surface area (Å²) in [5.74, 6) is 0.258. The standard InChI is InChI=1S/C15H25N3O2/c1-12-4-5-13(2)14(10-12)11-18(8-9-20-3)7-6-15(16)17-19/h4-5,10,19H,6-9,11H2,1-3H3,(H2,16,17). The van der Waals surface area contributed by atoms with Crippen LogP contribution in [0.1, 0.15) is 23.1 Å². The maximum atomic E-state index is 8.61. The van der Waals surface area contributed by atoms with Crippen molar-refractivity contribution < 1.29 is 9.94 Å². The number of hydrogen-bond donors (Lipinski definition) is 2. The fourth-order valence-corrected chi connectivity index (χ4v) is 2.02. The summed E-state index contributed by atoms with van der Waals surface area (Å²) in [5.41, 5.74) is 9.38. The van der Waals surface area contributed by atoms with E-state index < -0.39 is 0 Å². The Kier molecular flexibility index (Phi) is 7.04. The van der Waals surface area contributed by atoms with Crippen molar-refractivity contribution in [3.63, 3.8) is 0 Å². The molecule has 0 aliphatic heterocycles. The molecule has 0 aromatic heterocycles. The Labute approximate surface area is 121 Å². The number of ether oxygens (including phenoxy) is 1. The van der Waals surface area contributed by atoms with Gasteiger partial charge in [0.1, 0.15) is 5.84 Å². The zero-order valence-electron chi connectivity index (χ0n) is 12.6. The first kappa shape index (κ1) is 16.5. The molecule has 5 nitrogen and oxygen atoms in total. The highest BCUT2D eigenvalue weighted by Gasteiger charge is 2.09. The zero-order valence-corrected chi connectivity index (χ0v) is 12.6. The molecule has 20 heavy (non-hydrogen) atoms. The molecular formula is C15H25N3O2. The van der Waals surface area contributed by atoms with Crippen molar-refractivity contribution in [2.75, 3.05) is 26.8 Å². The first-order valence-electron chi connectivity index (χ1n) is 6.80. The van der Waals surface area contributed by atoms with Crippen LogP contribution in [0.4, 0.5) is 0 Å². The topological polar surface area (TPSA) is 71.1 Å². The number of hydrogen-bond acceptors (Lipinski definition) is 4. The number of nitrogens with zero attached hydrogens (tertiary/aromatic N) is 2. The van der Waals surface area contributed by atoms with E-state index in [1.807, 2.05) is 0 Å². The van der Waals surface area contributed by atoms with Crippen LogP contribution in [0.25, 0.3) is 0 Å². The molecule has 3 N–H and O–H groups in total. The molecule has 0 bridgehead atoms. The highest BCUT2D eigenvalue weighted by Crippen LogP contribution is 2.13. The molecule has 0 fully saturated rings. The molecule has 0 spiro atoms. The van der Waals surface area contributed by atoms with Crippen molar-refractivity contribution >= 4 is 5.84 Å².